The molecular formula is C14H11FN4O. The van der Waals surface area contributed by atoms with E-state index in [0.717, 1.165) is 0 Å². The lowest BCUT2D eigenvalue weighted by atomic mass is 9.85. The Labute approximate surface area is 114 Å². The molecule has 0 aliphatic carbocycles. The predicted molar refractivity (Wildman–Crippen MR) is 67.9 cm³/mol. The third-order valence-electron chi connectivity index (χ3n) is 2.98. The summed E-state index contributed by atoms with van der Waals surface area (Å²) in [4.78, 5) is 6.68. The van der Waals surface area contributed by atoms with Crippen molar-refractivity contribution in [3.05, 3.63) is 47.2 Å². The molecule has 0 saturated heterocycles. The number of benzene rings is 1. The van der Waals surface area contributed by atoms with E-state index in [1.807, 2.05) is 12.1 Å². The van der Waals surface area contributed by atoms with Gasteiger partial charge in [0.25, 0.3) is 0 Å². The number of aromatic hydroxyl groups is 1. The van der Waals surface area contributed by atoms with Gasteiger partial charge in [-0.1, -0.05) is 12.1 Å². The minimum atomic E-state index is -1.02. The van der Waals surface area contributed by atoms with Crippen LogP contribution in [-0.4, -0.2) is 15.1 Å². The second-order valence-corrected chi connectivity index (χ2v) is 4.32. The molecule has 2 N–H and O–H groups in total. The highest BCUT2D eigenvalue weighted by atomic mass is 19.1. The van der Waals surface area contributed by atoms with Crippen molar-refractivity contribution >= 4 is 0 Å². The minimum absolute atomic E-state index is 0.257. The molecular weight excluding hydrogens is 259 g/mol. The van der Waals surface area contributed by atoms with E-state index in [4.69, 9.17) is 10.5 Å². The van der Waals surface area contributed by atoms with Gasteiger partial charge in [-0.3, -0.25) is 0 Å². The molecule has 1 aromatic carbocycles. The number of nitrogens with zero attached hydrogens (tertiary/aromatic N) is 3. The van der Waals surface area contributed by atoms with Crippen LogP contribution in [0, 0.1) is 41.3 Å². The Balaban J connectivity index is 2.57. The number of rotatable bonds is 3. The second-order valence-electron chi connectivity index (χ2n) is 4.32. The van der Waals surface area contributed by atoms with Gasteiger partial charge >= 0.3 is 0 Å². The smallest absolute Gasteiger partial charge is 0.233 e. The van der Waals surface area contributed by atoms with Crippen molar-refractivity contribution in [3.8, 4) is 18.0 Å². The van der Waals surface area contributed by atoms with Crippen LogP contribution in [0.25, 0.3) is 0 Å². The Morgan fingerprint density at radius 1 is 1.25 bits per heavy atom. The summed E-state index contributed by atoms with van der Waals surface area (Å²) < 4.78 is 13.0. The van der Waals surface area contributed by atoms with Gasteiger partial charge in [0, 0.05) is 0 Å². The maximum absolute atomic E-state index is 13.0. The fraction of sp³-hybridized carbons (Fsp3) is 0.214. The van der Waals surface area contributed by atoms with Gasteiger partial charge < -0.3 is 10.1 Å². The number of nitrogens with one attached hydrogen (secondary N) is 1. The zero-order valence-corrected chi connectivity index (χ0v) is 10.6. The van der Waals surface area contributed by atoms with Gasteiger partial charge in [0.15, 0.2) is 0 Å². The number of hydrogen-bond donors (Lipinski definition) is 2. The van der Waals surface area contributed by atoms with Crippen molar-refractivity contribution in [3.63, 3.8) is 0 Å². The van der Waals surface area contributed by atoms with E-state index in [-0.39, 0.29) is 11.6 Å². The molecule has 1 atom stereocenters. The van der Waals surface area contributed by atoms with Crippen molar-refractivity contribution in [1.29, 1.82) is 10.5 Å². The summed E-state index contributed by atoms with van der Waals surface area (Å²) in [6, 6.07) is 9.23. The van der Waals surface area contributed by atoms with Gasteiger partial charge in [-0.25, -0.2) is 4.39 Å². The molecule has 1 heterocycles. The molecule has 0 radical (unpaired) electrons. The molecule has 100 valence electrons. The topological polar surface area (TPSA) is 96.5 Å². The summed E-state index contributed by atoms with van der Waals surface area (Å²) in [5.41, 5.74) is 0.834. The third kappa shape index (κ3) is 2.45. The van der Waals surface area contributed by atoms with Crippen LogP contribution in [0.15, 0.2) is 24.3 Å². The molecule has 1 unspecified atom stereocenters. The number of halogens is 1. The fourth-order valence-corrected chi connectivity index (χ4v) is 2.09. The van der Waals surface area contributed by atoms with Gasteiger partial charge in [0.2, 0.25) is 5.88 Å². The molecule has 2 rings (SSSR count). The van der Waals surface area contributed by atoms with Crippen LogP contribution in [0.3, 0.4) is 0 Å². The average molecular weight is 270 g/mol. The third-order valence-corrected chi connectivity index (χ3v) is 2.98. The lowest BCUT2D eigenvalue weighted by Crippen LogP contribution is -2.12. The first-order valence-corrected chi connectivity index (χ1v) is 5.87. The van der Waals surface area contributed by atoms with Crippen LogP contribution in [-0.2, 0) is 0 Å². The minimum Gasteiger partial charge on any atom is -0.492 e. The highest BCUT2D eigenvalue weighted by Gasteiger charge is 2.29. The van der Waals surface area contributed by atoms with Gasteiger partial charge in [-0.05, 0) is 24.6 Å². The Kier molecular flexibility index (Phi) is 3.67. The van der Waals surface area contributed by atoms with E-state index in [9.17, 15) is 9.50 Å². The van der Waals surface area contributed by atoms with Crippen LogP contribution >= 0.6 is 0 Å². The van der Waals surface area contributed by atoms with Crippen molar-refractivity contribution in [1.82, 2.24) is 9.97 Å². The molecule has 1 aromatic heterocycles. The number of aromatic amines is 1. The number of hydrogen-bond acceptors (Lipinski definition) is 4. The molecule has 6 heteroatoms. The van der Waals surface area contributed by atoms with Crippen LogP contribution in [0.4, 0.5) is 4.39 Å². The maximum atomic E-state index is 13.0. The zero-order chi connectivity index (χ0) is 14.7. The predicted octanol–water partition coefficient (Wildman–Crippen LogP) is 2.36. The molecule has 0 saturated carbocycles. The Bertz CT molecular complexity index is 679. The van der Waals surface area contributed by atoms with Crippen LogP contribution in [0.1, 0.15) is 23.0 Å². The van der Waals surface area contributed by atoms with E-state index in [1.54, 1.807) is 6.92 Å². The molecule has 0 amide bonds. The van der Waals surface area contributed by atoms with Gasteiger partial charge in [0.05, 0.1) is 23.8 Å². The second kappa shape index (κ2) is 5.41. The molecule has 5 nitrogen and oxygen atoms in total. The molecule has 0 aliphatic rings. The lowest BCUT2D eigenvalue weighted by Gasteiger charge is -2.16. The molecule has 0 spiro atoms. The highest BCUT2D eigenvalue weighted by molar-refractivity contribution is 5.38. The van der Waals surface area contributed by atoms with E-state index in [2.05, 4.69) is 9.97 Å². The largest absolute Gasteiger partial charge is 0.492 e. The summed E-state index contributed by atoms with van der Waals surface area (Å²) >= 11 is 0. The molecule has 20 heavy (non-hydrogen) atoms. The average Bonchev–Trinajstić information content (AvgIpc) is 2.76. The normalized spacial score (nSPS) is 11.8. The summed E-state index contributed by atoms with van der Waals surface area (Å²) in [6.07, 6.45) is 0. The van der Waals surface area contributed by atoms with Gasteiger partial charge in [0.1, 0.15) is 17.6 Å². The molecule has 0 bridgehead atoms. The van der Waals surface area contributed by atoms with Crippen LogP contribution < -0.4 is 0 Å². The number of aryl methyl sites for hydroxylation is 1. The summed E-state index contributed by atoms with van der Waals surface area (Å²) in [6.45, 7) is 1.65. The van der Waals surface area contributed by atoms with E-state index < -0.39 is 17.7 Å². The Hall–Kier alpha value is -2.86. The van der Waals surface area contributed by atoms with E-state index >= 15 is 0 Å². The SMILES string of the molecule is Cc1nc(O)c(C(c2ccc(F)cc2)C(C#N)C#N)[nH]1. The Morgan fingerprint density at radius 3 is 2.30 bits per heavy atom. The van der Waals surface area contributed by atoms with Crippen molar-refractivity contribution in [2.75, 3.05) is 0 Å². The van der Waals surface area contributed by atoms with Crippen molar-refractivity contribution in [2.24, 2.45) is 5.92 Å². The van der Waals surface area contributed by atoms with Gasteiger partial charge in [-0.15, -0.1) is 0 Å². The molecule has 0 fully saturated rings. The fourth-order valence-electron chi connectivity index (χ4n) is 2.09. The number of H-pyrrole nitrogens is 1. The molecule has 0 aliphatic heterocycles. The maximum Gasteiger partial charge on any atom is 0.233 e. The summed E-state index contributed by atoms with van der Waals surface area (Å²) in [5.74, 6) is -1.94. The van der Waals surface area contributed by atoms with E-state index in [1.165, 1.54) is 24.3 Å². The highest BCUT2D eigenvalue weighted by Crippen LogP contribution is 2.35. The van der Waals surface area contributed by atoms with E-state index in [0.29, 0.717) is 11.4 Å². The first-order valence-electron chi connectivity index (χ1n) is 5.87. The summed E-state index contributed by atoms with van der Waals surface area (Å²) in [5, 5.41) is 28.0. The first kappa shape index (κ1) is 13.6. The summed E-state index contributed by atoms with van der Waals surface area (Å²) in [7, 11) is 0. The quantitative estimate of drug-likeness (QED) is 0.894. The van der Waals surface area contributed by atoms with Crippen molar-refractivity contribution in [2.45, 2.75) is 12.8 Å². The van der Waals surface area contributed by atoms with Gasteiger partial charge in [-0.2, -0.15) is 15.5 Å². The number of imidazole rings is 1. The van der Waals surface area contributed by atoms with Crippen LogP contribution in [0.2, 0.25) is 0 Å². The zero-order valence-electron chi connectivity index (χ0n) is 10.6. The van der Waals surface area contributed by atoms with Crippen molar-refractivity contribution < 1.29 is 9.50 Å². The monoisotopic (exact) mass is 270 g/mol. The first-order chi connectivity index (χ1) is 9.56. The van der Waals surface area contributed by atoms with Crippen LogP contribution in [0.5, 0.6) is 5.88 Å². The molecule has 2 aromatic rings. The number of nitriles is 2. The Morgan fingerprint density at radius 2 is 1.85 bits per heavy atom. The number of aromatic nitrogens is 2. The standard InChI is InChI=1S/C14H11FN4O/c1-8-18-13(14(20)19-8)12(10(6-16)7-17)9-2-4-11(15)5-3-9/h2-5,10,12,20H,1H3,(H,18,19). The lowest BCUT2D eigenvalue weighted by molar-refractivity contribution is 0.442.